The van der Waals surface area contributed by atoms with Crippen molar-refractivity contribution in [2.75, 3.05) is 7.11 Å². The van der Waals surface area contributed by atoms with Crippen LogP contribution in [-0.2, 0) is 11.8 Å². The molecule has 0 bridgehead atoms. The van der Waals surface area contributed by atoms with E-state index in [2.05, 4.69) is 4.98 Å². The number of aryl methyl sites for hydroxylation is 2. The Hall–Kier alpha value is -2.54. The van der Waals surface area contributed by atoms with E-state index in [1.54, 1.807) is 6.92 Å². The topological polar surface area (TPSA) is 51.0 Å². The molecule has 162 valence electrons. The van der Waals surface area contributed by atoms with Gasteiger partial charge in [-0.25, -0.2) is 4.39 Å². The summed E-state index contributed by atoms with van der Waals surface area (Å²) < 4.78 is 59.2. The van der Waals surface area contributed by atoms with Crippen molar-refractivity contribution in [1.29, 1.82) is 0 Å². The predicted molar refractivity (Wildman–Crippen MR) is 110 cm³/mol. The molecule has 1 aromatic heterocycles. The number of halogens is 4. The Morgan fingerprint density at radius 3 is 2.47 bits per heavy atom. The molecule has 1 heterocycles. The second-order valence-corrected chi connectivity index (χ2v) is 8.03. The lowest BCUT2D eigenvalue weighted by Gasteiger charge is -2.34. The standard InChI is InChI=1S/C23H26F4N2O/c1-14-16-6-4-5-7-19(16)29-18(14)10-11-22(2,13-21(28)23(25,26)27)17-12-15(24)8-9-20(17)30-3/h4-9,12,21,29H,10-11,13,28H2,1-3H3. The van der Waals surface area contributed by atoms with Crippen molar-refractivity contribution in [1.82, 2.24) is 4.98 Å². The van der Waals surface area contributed by atoms with E-state index in [0.29, 0.717) is 24.2 Å². The van der Waals surface area contributed by atoms with Gasteiger partial charge in [-0.15, -0.1) is 0 Å². The van der Waals surface area contributed by atoms with Gasteiger partial charge in [0.15, 0.2) is 0 Å². The van der Waals surface area contributed by atoms with Crippen LogP contribution in [0.1, 0.15) is 36.6 Å². The zero-order valence-corrected chi connectivity index (χ0v) is 17.2. The van der Waals surface area contributed by atoms with E-state index >= 15 is 0 Å². The molecule has 0 aliphatic rings. The summed E-state index contributed by atoms with van der Waals surface area (Å²) in [6, 6.07) is 9.71. The Balaban J connectivity index is 1.99. The van der Waals surface area contributed by atoms with Gasteiger partial charge in [-0.05, 0) is 61.4 Å². The molecule has 0 aliphatic heterocycles. The molecule has 7 heteroatoms. The van der Waals surface area contributed by atoms with Crippen LogP contribution in [0.2, 0.25) is 0 Å². The average molecular weight is 422 g/mol. The summed E-state index contributed by atoms with van der Waals surface area (Å²) in [4.78, 5) is 3.35. The lowest BCUT2D eigenvalue weighted by Crippen LogP contribution is -2.43. The van der Waals surface area contributed by atoms with Crippen LogP contribution >= 0.6 is 0 Å². The number of ether oxygens (including phenoxy) is 1. The van der Waals surface area contributed by atoms with Crippen LogP contribution in [0.3, 0.4) is 0 Å². The van der Waals surface area contributed by atoms with Gasteiger partial charge in [-0.2, -0.15) is 13.2 Å². The van der Waals surface area contributed by atoms with Gasteiger partial charge in [0.25, 0.3) is 0 Å². The van der Waals surface area contributed by atoms with E-state index in [9.17, 15) is 17.6 Å². The lowest BCUT2D eigenvalue weighted by atomic mass is 9.73. The van der Waals surface area contributed by atoms with Crippen molar-refractivity contribution < 1.29 is 22.3 Å². The number of methoxy groups -OCH3 is 1. The summed E-state index contributed by atoms with van der Waals surface area (Å²) >= 11 is 0. The SMILES string of the molecule is COc1ccc(F)cc1C(C)(CCc1[nH]c2ccccc2c1C)CC(N)C(F)(F)F. The van der Waals surface area contributed by atoms with E-state index in [1.165, 1.54) is 25.3 Å². The fraction of sp³-hybridized carbons (Fsp3) is 0.391. The first-order valence-electron chi connectivity index (χ1n) is 9.77. The maximum Gasteiger partial charge on any atom is 0.403 e. The molecule has 0 radical (unpaired) electrons. The number of benzene rings is 2. The molecule has 0 fully saturated rings. The van der Waals surface area contributed by atoms with Crippen molar-refractivity contribution in [2.45, 2.75) is 50.7 Å². The Morgan fingerprint density at radius 2 is 1.83 bits per heavy atom. The maximum absolute atomic E-state index is 14.0. The van der Waals surface area contributed by atoms with Gasteiger partial charge in [0.1, 0.15) is 17.6 Å². The number of rotatable bonds is 7. The number of aromatic amines is 1. The summed E-state index contributed by atoms with van der Waals surface area (Å²) in [6.45, 7) is 3.67. The third-order valence-electron chi connectivity index (χ3n) is 5.90. The fourth-order valence-electron chi connectivity index (χ4n) is 4.09. The number of hydrogen-bond donors (Lipinski definition) is 2. The third kappa shape index (κ3) is 4.46. The van der Waals surface area contributed by atoms with Gasteiger partial charge in [0.2, 0.25) is 0 Å². The molecule has 2 aromatic carbocycles. The van der Waals surface area contributed by atoms with Gasteiger partial charge < -0.3 is 15.5 Å². The highest BCUT2D eigenvalue weighted by Crippen LogP contribution is 2.42. The first-order valence-corrected chi connectivity index (χ1v) is 9.77. The van der Waals surface area contributed by atoms with Crippen LogP contribution in [0.4, 0.5) is 17.6 Å². The normalized spacial score (nSPS) is 15.2. The lowest BCUT2D eigenvalue weighted by molar-refractivity contribution is -0.152. The molecule has 30 heavy (non-hydrogen) atoms. The first-order chi connectivity index (χ1) is 14.0. The number of aromatic nitrogens is 1. The maximum atomic E-state index is 14.0. The number of alkyl halides is 3. The minimum atomic E-state index is -4.54. The largest absolute Gasteiger partial charge is 0.496 e. The van der Waals surface area contributed by atoms with E-state index < -0.39 is 23.5 Å². The molecule has 0 saturated heterocycles. The Labute approximate surface area is 173 Å². The fourth-order valence-corrected chi connectivity index (χ4v) is 4.09. The van der Waals surface area contributed by atoms with Crippen LogP contribution in [0.25, 0.3) is 10.9 Å². The summed E-state index contributed by atoms with van der Waals surface area (Å²) in [5.74, 6) is -0.180. The summed E-state index contributed by atoms with van der Waals surface area (Å²) in [5.41, 5.74) is 7.81. The third-order valence-corrected chi connectivity index (χ3v) is 5.90. The van der Waals surface area contributed by atoms with Crippen molar-refractivity contribution in [2.24, 2.45) is 5.73 Å². The van der Waals surface area contributed by atoms with Crippen LogP contribution < -0.4 is 10.5 Å². The Kier molecular flexibility index (Phi) is 6.13. The highest BCUT2D eigenvalue weighted by Gasteiger charge is 2.43. The predicted octanol–water partition coefficient (Wildman–Crippen LogP) is 5.79. The number of nitrogens with two attached hydrogens (primary N) is 1. The molecule has 0 amide bonds. The molecular weight excluding hydrogens is 396 g/mol. The average Bonchev–Trinajstić information content (AvgIpc) is 3.02. The second-order valence-electron chi connectivity index (χ2n) is 8.03. The van der Waals surface area contributed by atoms with Crippen molar-refractivity contribution in [3.8, 4) is 5.75 Å². The quantitative estimate of drug-likeness (QED) is 0.473. The summed E-state index contributed by atoms with van der Waals surface area (Å²) in [5, 5.41) is 1.07. The van der Waals surface area contributed by atoms with Gasteiger partial charge in [-0.1, -0.05) is 25.1 Å². The van der Waals surface area contributed by atoms with Gasteiger partial charge >= 0.3 is 6.18 Å². The Morgan fingerprint density at radius 1 is 1.13 bits per heavy atom. The molecule has 2 unspecified atom stereocenters. The number of hydrogen-bond acceptors (Lipinski definition) is 2. The van der Waals surface area contributed by atoms with E-state index in [-0.39, 0.29) is 6.42 Å². The molecule has 2 atom stereocenters. The van der Waals surface area contributed by atoms with Gasteiger partial charge in [0, 0.05) is 22.2 Å². The Bertz CT molecular complexity index is 1030. The summed E-state index contributed by atoms with van der Waals surface area (Å²) in [7, 11) is 1.42. The van der Waals surface area contributed by atoms with Crippen LogP contribution in [-0.4, -0.2) is 24.3 Å². The minimum Gasteiger partial charge on any atom is -0.496 e. The molecule has 3 aromatic rings. The molecule has 3 nitrogen and oxygen atoms in total. The highest BCUT2D eigenvalue weighted by molar-refractivity contribution is 5.84. The smallest absolute Gasteiger partial charge is 0.403 e. The number of para-hydroxylation sites is 1. The van der Waals surface area contributed by atoms with E-state index in [4.69, 9.17) is 10.5 Å². The number of H-pyrrole nitrogens is 1. The summed E-state index contributed by atoms with van der Waals surface area (Å²) in [6.07, 6.45) is -4.10. The minimum absolute atomic E-state index is 0.338. The zero-order valence-electron chi connectivity index (χ0n) is 17.2. The first kappa shape index (κ1) is 22.2. The van der Waals surface area contributed by atoms with Crippen molar-refractivity contribution in [3.63, 3.8) is 0 Å². The highest BCUT2D eigenvalue weighted by atomic mass is 19.4. The molecule has 0 spiro atoms. The number of nitrogens with one attached hydrogen (secondary N) is 1. The molecule has 0 aliphatic carbocycles. The molecular formula is C23H26F4N2O. The van der Waals surface area contributed by atoms with E-state index in [0.717, 1.165) is 22.2 Å². The van der Waals surface area contributed by atoms with Crippen LogP contribution in [0.5, 0.6) is 5.75 Å². The molecule has 3 rings (SSSR count). The van der Waals surface area contributed by atoms with E-state index in [1.807, 2.05) is 31.2 Å². The van der Waals surface area contributed by atoms with Crippen molar-refractivity contribution in [3.05, 3.63) is 65.1 Å². The van der Waals surface area contributed by atoms with Crippen molar-refractivity contribution >= 4 is 10.9 Å². The second kappa shape index (κ2) is 8.30. The molecule has 0 saturated carbocycles. The van der Waals surface area contributed by atoms with Crippen LogP contribution in [0, 0.1) is 12.7 Å². The number of fused-ring (bicyclic) bond motifs is 1. The monoisotopic (exact) mass is 422 g/mol. The van der Waals surface area contributed by atoms with Crippen LogP contribution in [0.15, 0.2) is 42.5 Å². The molecule has 3 N–H and O–H groups in total. The van der Waals surface area contributed by atoms with Gasteiger partial charge in [-0.3, -0.25) is 0 Å². The zero-order chi connectivity index (χ0) is 22.1. The van der Waals surface area contributed by atoms with Gasteiger partial charge in [0.05, 0.1) is 7.11 Å².